The van der Waals surface area contributed by atoms with Crippen molar-refractivity contribution in [3.05, 3.63) is 45.9 Å². The number of unbranched alkanes of at least 4 members (excludes halogenated alkanes) is 1. The summed E-state index contributed by atoms with van der Waals surface area (Å²) in [5, 5.41) is 6.88. The number of carbonyl (C=O) groups excluding carboxylic acids is 1. The summed E-state index contributed by atoms with van der Waals surface area (Å²) in [7, 11) is 1.72. The lowest BCUT2D eigenvalue weighted by Crippen LogP contribution is -2.32. The molecule has 0 saturated heterocycles. The van der Waals surface area contributed by atoms with Crippen molar-refractivity contribution in [3.8, 4) is 11.3 Å². The largest absolute Gasteiger partial charge is 0.381 e. The summed E-state index contributed by atoms with van der Waals surface area (Å²) in [5.41, 5.74) is 3.31. The Morgan fingerprint density at radius 1 is 1.18 bits per heavy atom. The van der Waals surface area contributed by atoms with E-state index in [0.717, 1.165) is 36.4 Å². The van der Waals surface area contributed by atoms with Gasteiger partial charge in [0.05, 0.1) is 28.2 Å². The SMILES string of the molecule is CCCCOCC[C@H]1NC(=O)c2cc(-c3cccc4c(=O)n(C)c(NC(C)(C)C)nc34)[nH]c21. The normalized spacial score (nSPS) is 15.7. The minimum Gasteiger partial charge on any atom is -0.381 e. The summed E-state index contributed by atoms with van der Waals surface area (Å²) >= 11 is 0. The number of nitrogens with zero attached hydrogens (tertiary/aromatic N) is 2. The summed E-state index contributed by atoms with van der Waals surface area (Å²) in [4.78, 5) is 33.9. The van der Waals surface area contributed by atoms with Crippen LogP contribution in [0.3, 0.4) is 0 Å². The van der Waals surface area contributed by atoms with Gasteiger partial charge >= 0.3 is 0 Å². The maximum absolute atomic E-state index is 13.1. The van der Waals surface area contributed by atoms with E-state index in [1.54, 1.807) is 13.1 Å². The van der Waals surface area contributed by atoms with Crippen molar-refractivity contribution in [3.63, 3.8) is 0 Å². The number of amides is 1. The molecule has 8 nitrogen and oxygen atoms in total. The molecule has 0 aliphatic carbocycles. The summed E-state index contributed by atoms with van der Waals surface area (Å²) in [6.07, 6.45) is 2.84. The summed E-state index contributed by atoms with van der Waals surface area (Å²) in [5.74, 6) is 0.414. The van der Waals surface area contributed by atoms with Crippen LogP contribution in [0.2, 0.25) is 0 Å². The van der Waals surface area contributed by atoms with Crippen molar-refractivity contribution < 1.29 is 9.53 Å². The van der Waals surface area contributed by atoms with Crippen LogP contribution in [0.15, 0.2) is 29.1 Å². The zero-order chi connectivity index (χ0) is 23.8. The summed E-state index contributed by atoms with van der Waals surface area (Å²) in [6, 6.07) is 7.30. The number of nitrogens with one attached hydrogen (secondary N) is 3. The van der Waals surface area contributed by atoms with Crippen LogP contribution in [0, 0.1) is 0 Å². The van der Waals surface area contributed by atoms with Crippen LogP contribution in [0.25, 0.3) is 22.2 Å². The van der Waals surface area contributed by atoms with Crippen LogP contribution in [0.4, 0.5) is 5.95 Å². The second-order valence-electron chi connectivity index (χ2n) is 9.67. The Hall–Kier alpha value is -3.13. The quantitative estimate of drug-likeness (QED) is 0.447. The van der Waals surface area contributed by atoms with E-state index >= 15 is 0 Å². The lowest BCUT2D eigenvalue weighted by Gasteiger charge is -2.23. The average Bonchev–Trinajstić information content (AvgIpc) is 3.31. The van der Waals surface area contributed by atoms with Gasteiger partial charge in [-0.05, 0) is 45.7 Å². The summed E-state index contributed by atoms with van der Waals surface area (Å²) in [6.45, 7) is 9.53. The highest BCUT2D eigenvalue weighted by molar-refractivity contribution is 6.01. The number of rotatable bonds is 8. The molecule has 0 saturated carbocycles. The van der Waals surface area contributed by atoms with Gasteiger partial charge < -0.3 is 20.4 Å². The molecule has 0 unspecified atom stereocenters. The molecule has 1 aromatic carbocycles. The smallest absolute Gasteiger partial charge is 0.262 e. The third-order valence-electron chi connectivity index (χ3n) is 5.82. The predicted molar refractivity (Wildman–Crippen MR) is 131 cm³/mol. The fourth-order valence-electron chi connectivity index (χ4n) is 4.11. The Kier molecular flexibility index (Phi) is 6.30. The molecule has 0 radical (unpaired) electrons. The zero-order valence-corrected chi connectivity index (χ0v) is 20.0. The van der Waals surface area contributed by atoms with Crippen molar-refractivity contribution in [2.24, 2.45) is 7.05 Å². The lowest BCUT2D eigenvalue weighted by atomic mass is 10.1. The molecule has 1 aliphatic heterocycles. The Balaban J connectivity index is 1.70. The first-order valence-corrected chi connectivity index (χ1v) is 11.6. The average molecular weight is 452 g/mol. The molecule has 4 rings (SSSR count). The number of anilines is 1. The van der Waals surface area contributed by atoms with E-state index in [1.807, 2.05) is 39.0 Å². The molecule has 8 heteroatoms. The van der Waals surface area contributed by atoms with E-state index in [2.05, 4.69) is 22.5 Å². The molecule has 3 heterocycles. The van der Waals surface area contributed by atoms with E-state index in [-0.39, 0.29) is 23.0 Å². The van der Waals surface area contributed by atoms with Crippen LogP contribution in [0.5, 0.6) is 0 Å². The van der Waals surface area contributed by atoms with Gasteiger partial charge in [-0.3, -0.25) is 14.2 Å². The van der Waals surface area contributed by atoms with Crippen LogP contribution >= 0.6 is 0 Å². The predicted octanol–water partition coefficient (Wildman–Crippen LogP) is 4.13. The number of aromatic amines is 1. The molecule has 33 heavy (non-hydrogen) atoms. The standard InChI is InChI=1S/C25H33N5O3/c1-6-7-12-33-13-11-18-21-17(22(31)27-18)14-19(26-21)15-9-8-10-16-20(15)28-24(29-25(2,3)4)30(5)23(16)32/h8-10,14,18,26H,6-7,11-13H2,1-5H3,(H,27,31)(H,28,29)/t18-/m1/s1. The van der Waals surface area contributed by atoms with Gasteiger partial charge in [-0.2, -0.15) is 0 Å². The maximum Gasteiger partial charge on any atom is 0.262 e. The molecular formula is C25H33N5O3. The molecule has 2 aromatic heterocycles. The van der Waals surface area contributed by atoms with Gasteiger partial charge in [0.25, 0.3) is 11.5 Å². The molecule has 176 valence electrons. The van der Waals surface area contributed by atoms with Gasteiger partial charge in [0.2, 0.25) is 5.95 Å². The van der Waals surface area contributed by atoms with E-state index < -0.39 is 0 Å². The number of para-hydroxylation sites is 1. The van der Waals surface area contributed by atoms with Gasteiger partial charge in [-0.25, -0.2) is 4.98 Å². The second-order valence-corrected chi connectivity index (χ2v) is 9.67. The van der Waals surface area contributed by atoms with Crippen LogP contribution in [-0.4, -0.2) is 39.2 Å². The first-order valence-electron chi connectivity index (χ1n) is 11.6. The Morgan fingerprint density at radius 3 is 2.70 bits per heavy atom. The fourth-order valence-corrected chi connectivity index (χ4v) is 4.11. The molecule has 3 aromatic rings. The number of benzene rings is 1. The summed E-state index contributed by atoms with van der Waals surface area (Å²) < 4.78 is 7.23. The fraction of sp³-hybridized carbons (Fsp3) is 0.480. The number of carbonyl (C=O) groups is 1. The molecule has 1 amide bonds. The molecular weight excluding hydrogens is 418 g/mol. The molecule has 3 N–H and O–H groups in total. The van der Waals surface area contributed by atoms with E-state index in [1.165, 1.54) is 4.57 Å². The van der Waals surface area contributed by atoms with Gasteiger partial charge in [0.15, 0.2) is 0 Å². The number of H-pyrrole nitrogens is 1. The van der Waals surface area contributed by atoms with Crippen LogP contribution < -0.4 is 16.2 Å². The Labute approximate surface area is 193 Å². The molecule has 1 aliphatic rings. The van der Waals surface area contributed by atoms with Crippen molar-refractivity contribution in [2.75, 3.05) is 18.5 Å². The van der Waals surface area contributed by atoms with Gasteiger partial charge in [-0.1, -0.05) is 25.5 Å². The third kappa shape index (κ3) is 4.66. The van der Waals surface area contributed by atoms with Gasteiger partial charge in [0, 0.05) is 37.1 Å². The topological polar surface area (TPSA) is 101 Å². The maximum atomic E-state index is 13.1. The molecule has 0 bridgehead atoms. The van der Waals surface area contributed by atoms with Gasteiger partial charge in [-0.15, -0.1) is 0 Å². The molecule has 0 fully saturated rings. The Morgan fingerprint density at radius 2 is 1.97 bits per heavy atom. The van der Waals surface area contributed by atoms with Crippen LogP contribution in [-0.2, 0) is 11.8 Å². The highest BCUT2D eigenvalue weighted by atomic mass is 16.5. The van der Waals surface area contributed by atoms with E-state index in [9.17, 15) is 9.59 Å². The first-order chi connectivity index (χ1) is 15.7. The monoisotopic (exact) mass is 451 g/mol. The van der Waals surface area contributed by atoms with Crippen LogP contribution in [0.1, 0.15) is 69.1 Å². The van der Waals surface area contributed by atoms with E-state index in [0.29, 0.717) is 35.4 Å². The van der Waals surface area contributed by atoms with Crippen molar-refractivity contribution in [1.29, 1.82) is 0 Å². The molecule has 1 atom stereocenters. The third-order valence-corrected chi connectivity index (χ3v) is 5.82. The van der Waals surface area contributed by atoms with Crippen molar-refractivity contribution in [1.82, 2.24) is 19.9 Å². The highest BCUT2D eigenvalue weighted by Gasteiger charge is 2.31. The molecule has 0 spiro atoms. The minimum atomic E-state index is -0.252. The highest BCUT2D eigenvalue weighted by Crippen LogP contribution is 2.34. The van der Waals surface area contributed by atoms with E-state index in [4.69, 9.17) is 9.72 Å². The number of hydrogen-bond donors (Lipinski definition) is 3. The van der Waals surface area contributed by atoms with Crippen molar-refractivity contribution >= 4 is 22.8 Å². The van der Waals surface area contributed by atoms with Crippen molar-refractivity contribution in [2.45, 2.75) is 58.5 Å². The number of ether oxygens (including phenoxy) is 1. The number of hydrogen-bond acceptors (Lipinski definition) is 5. The first kappa shape index (κ1) is 23.0. The number of aromatic nitrogens is 3. The lowest BCUT2D eigenvalue weighted by molar-refractivity contribution is 0.0933. The minimum absolute atomic E-state index is 0.0924. The number of fused-ring (bicyclic) bond motifs is 2. The van der Waals surface area contributed by atoms with Gasteiger partial charge in [0.1, 0.15) is 0 Å². The Bertz CT molecular complexity index is 1240. The second kappa shape index (κ2) is 9.02. The zero-order valence-electron chi connectivity index (χ0n) is 20.0.